The summed E-state index contributed by atoms with van der Waals surface area (Å²) in [7, 11) is 0. The number of benzene rings is 2. The van der Waals surface area contributed by atoms with E-state index in [9.17, 15) is 14.0 Å². The van der Waals surface area contributed by atoms with Crippen LogP contribution in [0.4, 0.5) is 4.39 Å². The molecule has 9 heteroatoms. The first-order valence-electron chi connectivity index (χ1n) is 12.2. The molecule has 4 aromatic rings. The Labute approximate surface area is 212 Å². The second-order valence-electron chi connectivity index (χ2n) is 9.64. The fraction of sp³-hybridized carbons (Fsp3) is 0.333. The van der Waals surface area contributed by atoms with Crippen LogP contribution in [-0.2, 0) is 0 Å². The van der Waals surface area contributed by atoms with Gasteiger partial charge in [-0.15, -0.1) is 11.3 Å². The van der Waals surface area contributed by atoms with Crippen LogP contribution < -0.4 is 0 Å². The van der Waals surface area contributed by atoms with Crippen LogP contribution in [0.1, 0.15) is 38.7 Å². The fourth-order valence-corrected chi connectivity index (χ4v) is 6.05. The van der Waals surface area contributed by atoms with Crippen LogP contribution >= 0.6 is 11.3 Å². The molecule has 2 fully saturated rings. The van der Waals surface area contributed by atoms with Crippen LogP contribution in [0.5, 0.6) is 0 Å². The molecule has 0 bridgehead atoms. The number of halogens is 1. The Morgan fingerprint density at radius 2 is 1.72 bits per heavy atom. The number of hydrogen-bond donors (Lipinski definition) is 0. The number of amides is 2. The number of piperidine rings is 1. The molecule has 6 rings (SSSR count). The van der Waals surface area contributed by atoms with E-state index in [4.69, 9.17) is 0 Å². The highest BCUT2D eigenvalue weighted by molar-refractivity contribution is 7.11. The minimum absolute atomic E-state index is 0.0277. The standard InChI is InChI=1S/C27H26FN5O2S/c1-17-30-23-12-19(2-7-24(23)33(17)22-5-3-21(28)4-6-22)26(34)32-14-20(15-32)18-8-10-31(11-9-18)27(35)25-13-29-16-36-25/h2-7,12-13,16,18,20H,8-11,14-15H2,1H3. The van der Waals surface area contributed by atoms with Gasteiger partial charge in [-0.3, -0.25) is 19.1 Å². The number of carbonyl (C=O) groups is 2. The van der Waals surface area contributed by atoms with Crippen molar-refractivity contribution in [2.24, 2.45) is 11.8 Å². The molecule has 2 saturated heterocycles. The smallest absolute Gasteiger partial charge is 0.265 e. The Hall–Kier alpha value is -3.59. The molecule has 184 valence electrons. The molecule has 0 radical (unpaired) electrons. The van der Waals surface area contributed by atoms with Crippen molar-refractivity contribution in [2.45, 2.75) is 19.8 Å². The summed E-state index contributed by atoms with van der Waals surface area (Å²) in [4.78, 5) is 38.9. The van der Waals surface area contributed by atoms with Crippen molar-refractivity contribution < 1.29 is 14.0 Å². The Kier molecular flexibility index (Phi) is 5.79. The maximum absolute atomic E-state index is 13.4. The highest BCUT2D eigenvalue weighted by atomic mass is 32.1. The zero-order valence-electron chi connectivity index (χ0n) is 19.9. The molecule has 2 aromatic heterocycles. The van der Waals surface area contributed by atoms with Crippen molar-refractivity contribution in [1.82, 2.24) is 24.3 Å². The van der Waals surface area contributed by atoms with Crippen LogP contribution in [0, 0.1) is 24.6 Å². The van der Waals surface area contributed by atoms with Crippen molar-refractivity contribution >= 4 is 34.2 Å². The van der Waals surface area contributed by atoms with E-state index in [1.54, 1.807) is 23.8 Å². The molecule has 0 N–H and O–H groups in total. The van der Waals surface area contributed by atoms with E-state index in [0.29, 0.717) is 22.3 Å². The molecule has 36 heavy (non-hydrogen) atoms. The lowest BCUT2D eigenvalue weighted by Crippen LogP contribution is -2.54. The molecule has 0 atom stereocenters. The largest absolute Gasteiger partial charge is 0.338 e. The molecular formula is C27H26FN5O2S. The molecule has 0 spiro atoms. The van der Waals surface area contributed by atoms with Crippen molar-refractivity contribution in [1.29, 1.82) is 0 Å². The zero-order chi connectivity index (χ0) is 24.8. The molecule has 0 unspecified atom stereocenters. The summed E-state index contributed by atoms with van der Waals surface area (Å²) in [6.45, 7) is 4.94. The van der Waals surface area contributed by atoms with Crippen LogP contribution in [-0.4, -0.2) is 62.3 Å². The molecule has 2 aliphatic rings. The van der Waals surface area contributed by atoms with Gasteiger partial charge in [0, 0.05) is 37.4 Å². The van der Waals surface area contributed by atoms with Gasteiger partial charge in [-0.2, -0.15) is 0 Å². The van der Waals surface area contributed by atoms with E-state index in [0.717, 1.165) is 61.6 Å². The fourth-order valence-electron chi connectivity index (χ4n) is 5.46. The van der Waals surface area contributed by atoms with E-state index >= 15 is 0 Å². The van der Waals surface area contributed by atoms with Gasteiger partial charge < -0.3 is 9.80 Å². The van der Waals surface area contributed by atoms with Gasteiger partial charge in [0.15, 0.2) is 0 Å². The summed E-state index contributed by atoms with van der Waals surface area (Å²) in [5.74, 6) is 1.63. The van der Waals surface area contributed by atoms with Crippen molar-refractivity contribution in [3.63, 3.8) is 0 Å². The van der Waals surface area contributed by atoms with E-state index in [2.05, 4.69) is 9.97 Å². The number of carbonyl (C=O) groups excluding carboxylic acids is 2. The third-order valence-electron chi connectivity index (χ3n) is 7.49. The predicted octanol–water partition coefficient (Wildman–Crippen LogP) is 4.55. The predicted molar refractivity (Wildman–Crippen MR) is 136 cm³/mol. The molecule has 4 heterocycles. The van der Waals surface area contributed by atoms with Gasteiger partial charge in [0.05, 0.1) is 22.7 Å². The molecule has 0 saturated carbocycles. The maximum Gasteiger partial charge on any atom is 0.265 e. The highest BCUT2D eigenvalue weighted by Gasteiger charge is 2.38. The first-order chi connectivity index (χ1) is 17.5. The Bertz CT molecular complexity index is 1420. The van der Waals surface area contributed by atoms with Crippen LogP contribution in [0.25, 0.3) is 16.7 Å². The summed E-state index contributed by atoms with van der Waals surface area (Å²) >= 11 is 1.38. The van der Waals surface area contributed by atoms with Gasteiger partial charge >= 0.3 is 0 Å². The van der Waals surface area contributed by atoms with Gasteiger partial charge in [0.2, 0.25) is 0 Å². The topological polar surface area (TPSA) is 71.3 Å². The Morgan fingerprint density at radius 3 is 2.42 bits per heavy atom. The van der Waals surface area contributed by atoms with E-state index in [-0.39, 0.29) is 17.6 Å². The number of likely N-dealkylation sites (tertiary alicyclic amines) is 2. The summed E-state index contributed by atoms with van der Waals surface area (Å²) in [6, 6.07) is 11.9. The Balaban J connectivity index is 1.08. The zero-order valence-corrected chi connectivity index (χ0v) is 20.7. The number of imidazole rings is 1. The number of aryl methyl sites for hydroxylation is 1. The summed E-state index contributed by atoms with van der Waals surface area (Å²) < 4.78 is 15.3. The van der Waals surface area contributed by atoms with Gasteiger partial charge in [-0.1, -0.05) is 0 Å². The lowest BCUT2D eigenvalue weighted by molar-refractivity contribution is 0.0229. The number of aromatic nitrogens is 3. The van der Waals surface area contributed by atoms with Gasteiger partial charge in [-0.25, -0.2) is 9.37 Å². The van der Waals surface area contributed by atoms with Crippen molar-refractivity contribution in [3.05, 3.63) is 76.3 Å². The first-order valence-corrected chi connectivity index (χ1v) is 13.1. The molecular weight excluding hydrogens is 477 g/mol. The van der Waals surface area contributed by atoms with Gasteiger partial charge in [0.1, 0.15) is 16.5 Å². The second kappa shape index (κ2) is 9.13. The van der Waals surface area contributed by atoms with Crippen LogP contribution in [0.3, 0.4) is 0 Å². The van der Waals surface area contributed by atoms with Crippen molar-refractivity contribution in [2.75, 3.05) is 26.2 Å². The van der Waals surface area contributed by atoms with E-state index in [1.165, 1.54) is 23.5 Å². The molecule has 2 aliphatic heterocycles. The molecule has 7 nitrogen and oxygen atoms in total. The molecule has 0 aliphatic carbocycles. The van der Waals surface area contributed by atoms with E-state index < -0.39 is 0 Å². The maximum atomic E-state index is 13.4. The average molecular weight is 504 g/mol. The summed E-state index contributed by atoms with van der Waals surface area (Å²) in [5.41, 5.74) is 4.79. The summed E-state index contributed by atoms with van der Waals surface area (Å²) in [5, 5.41) is 0. The quantitative estimate of drug-likeness (QED) is 0.410. The van der Waals surface area contributed by atoms with Gasteiger partial charge in [0.25, 0.3) is 11.8 Å². The molecule has 2 aromatic carbocycles. The number of nitrogens with zero attached hydrogens (tertiary/aromatic N) is 5. The minimum Gasteiger partial charge on any atom is -0.338 e. The van der Waals surface area contributed by atoms with Crippen LogP contribution in [0.15, 0.2) is 54.2 Å². The normalized spacial score (nSPS) is 16.9. The second-order valence-corrected chi connectivity index (χ2v) is 10.5. The summed E-state index contributed by atoms with van der Waals surface area (Å²) in [6.07, 6.45) is 3.59. The number of rotatable bonds is 4. The number of hydrogen-bond acceptors (Lipinski definition) is 5. The molecule has 2 amide bonds. The van der Waals surface area contributed by atoms with Gasteiger partial charge in [-0.05, 0) is 74.1 Å². The average Bonchev–Trinajstić information content (AvgIpc) is 3.51. The third-order valence-corrected chi connectivity index (χ3v) is 8.25. The number of thiazole rings is 1. The van der Waals surface area contributed by atoms with Crippen LogP contribution in [0.2, 0.25) is 0 Å². The monoisotopic (exact) mass is 503 g/mol. The van der Waals surface area contributed by atoms with Crippen molar-refractivity contribution in [3.8, 4) is 5.69 Å². The highest BCUT2D eigenvalue weighted by Crippen LogP contribution is 2.33. The lowest BCUT2D eigenvalue weighted by Gasteiger charge is -2.46. The van der Waals surface area contributed by atoms with E-state index in [1.807, 2.05) is 39.5 Å². The lowest BCUT2D eigenvalue weighted by atomic mass is 9.79. The minimum atomic E-state index is -0.281. The Morgan fingerprint density at radius 1 is 0.972 bits per heavy atom. The SMILES string of the molecule is Cc1nc2cc(C(=O)N3CC(C4CCN(C(=O)c5cncs5)CC4)C3)ccc2n1-c1ccc(F)cc1. The number of fused-ring (bicyclic) bond motifs is 1. The third kappa shape index (κ3) is 4.07. The first kappa shape index (κ1) is 22.8.